The number of oxazole rings is 1. The minimum absolute atomic E-state index is 0. The van der Waals surface area contributed by atoms with Crippen molar-refractivity contribution in [3.8, 4) is 22.8 Å². The number of carbonyl (C=O) groups excluding carboxylic acids is 1. The van der Waals surface area contributed by atoms with E-state index in [1.165, 1.54) is 0 Å². The molecule has 1 amide bonds. The third-order valence-electron chi connectivity index (χ3n) is 4.38. The van der Waals surface area contributed by atoms with E-state index in [1.807, 2.05) is 54.6 Å². The van der Waals surface area contributed by atoms with E-state index in [-0.39, 0.29) is 24.0 Å². The summed E-state index contributed by atoms with van der Waals surface area (Å²) in [6.45, 7) is 1.71. The Balaban J connectivity index is 0.00000210. The maximum Gasteiger partial charge on any atom is 0.271 e. The first-order valence-corrected chi connectivity index (χ1v) is 8.55. The predicted octanol–water partition coefficient (Wildman–Crippen LogP) is 3.73. The lowest BCUT2D eigenvalue weighted by Gasteiger charge is -2.06. The molecule has 0 bridgehead atoms. The number of ether oxygens (including phenoxy) is 1. The van der Waals surface area contributed by atoms with Crippen molar-refractivity contribution in [1.29, 1.82) is 0 Å². The summed E-state index contributed by atoms with van der Waals surface area (Å²) >= 11 is 0. The Kier molecular flexibility index (Phi) is 5.78. The van der Waals surface area contributed by atoms with Gasteiger partial charge in [0.2, 0.25) is 0 Å². The number of primary amides is 1. The van der Waals surface area contributed by atoms with Crippen LogP contribution in [0.2, 0.25) is 0 Å². The van der Waals surface area contributed by atoms with Crippen LogP contribution in [0, 0.1) is 0 Å². The minimum atomic E-state index is -0.592. The number of amides is 1. The number of hydrogen-bond donors (Lipinski definition) is 2. The van der Waals surface area contributed by atoms with E-state index >= 15 is 0 Å². The lowest BCUT2D eigenvalue weighted by atomic mass is 10.1. The van der Waals surface area contributed by atoms with Gasteiger partial charge in [-0.1, -0.05) is 18.2 Å². The summed E-state index contributed by atoms with van der Waals surface area (Å²) in [4.78, 5) is 16.1. The monoisotopic (exact) mass is 385 g/mol. The highest BCUT2D eigenvalue weighted by Gasteiger charge is 2.26. The second-order valence-electron chi connectivity index (χ2n) is 6.22. The van der Waals surface area contributed by atoms with Gasteiger partial charge >= 0.3 is 0 Å². The van der Waals surface area contributed by atoms with Crippen LogP contribution in [0.5, 0.6) is 11.5 Å². The lowest BCUT2D eigenvalue weighted by molar-refractivity contribution is 0.0996. The molecule has 1 aliphatic heterocycles. The van der Waals surface area contributed by atoms with Crippen LogP contribution in [-0.4, -0.2) is 24.0 Å². The van der Waals surface area contributed by atoms with E-state index in [1.54, 1.807) is 0 Å². The van der Waals surface area contributed by atoms with Crippen LogP contribution in [0.25, 0.3) is 11.3 Å². The molecule has 4 rings (SSSR count). The number of aromatic nitrogens is 1. The lowest BCUT2D eigenvalue weighted by Crippen LogP contribution is -2.13. The average molecular weight is 386 g/mol. The number of nitrogens with two attached hydrogens (primary N) is 1. The molecule has 2 heterocycles. The predicted molar refractivity (Wildman–Crippen MR) is 104 cm³/mol. The van der Waals surface area contributed by atoms with Gasteiger partial charge in [0.05, 0.1) is 0 Å². The van der Waals surface area contributed by atoms with Crippen LogP contribution >= 0.6 is 12.4 Å². The molecule has 27 heavy (non-hydrogen) atoms. The summed E-state index contributed by atoms with van der Waals surface area (Å²) in [5.74, 6) is 2.00. The van der Waals surface area contributed by atoms with Crippen molar-refractivity contribution >= 4 is 18.3 Å². The van der Waals surface area contributed by atoms with Crippen molar-refractivity contribution < 1.29 is 13.9 Å². The van der Waals surface area contributed by atoms with Crippen molar-refractivity contribution in [2.24, 2.45) is 5.73 Å². The van der Waals surface area contributed by atoms with Crippen LogP contribution in [0.15, 0.2) is 59.0 Å². The molecule has 7 heteroatoms. The molecule has 1 aliphatic rings. The summed E-state index contributed by atoms with van der Waals surface area (Å²) in [5.41, 5.74) is 6.40. The highest BCUT2D eigenvalue weighted by molar-refractivity contribution is 5.96. The summed E-state index contributed by atoms with van der Waals surface area (Å²) in [5, 5.41) is 3.27. The summed E-state index contributed by atoms with van der Waals surface area (Å²) < 4.78 is 11.7. The Labute approximate surface area is 163 Å². The number of para-hydroxylation sites is 1. The molecule has 1 atom stereocenters. The largest absolute Gasteiger partial charge is 0.457 e. The first-order valence-electron chi connectivity index (χ1n) is 8.55. The fourth-order valence-corrected chi connectivity index (χ4v) is 3.04. The van der Waals surface area contributed by atoms with Crippen molar-refractivity contribution in [1.82, 2.24) is 10.3 Å². The number of nitrogens with one attached hydrogen (secondary N) is 1. The Morgan fingerprint density at radius 1 is 1.11 bits per heavy atom. The van der Waals surface area contributed by atoms with Gasteiger partial charge in [-0.05, 0) is 49.4 Å². The number of halogens is 1. The summed E-state index contributed by atoms with van der Waals surface area (Å²) in [6, 6.07) is 16.9. The molecule has 6 nitrogen and oxygen atoms in total. The molecule has 0 spiro atoms. The van der Waals surface area contributed by atoms with E-state index in [0.717, 1.165) is 30.8 Å². The molecule has 0 saturated carbocycles. The second kappa shape index (κ2) is 8.24. The topological polar surface area (TPSA) is 90.4 Å². The average Bonchev–Trinajstić information content (AvgIpc) is 3.33. The van der Waals surface area contributed by atoms with Gasteiger partial charge in [0.25, 0.3) is 5.91 Å². The fourth-order valence-electron chi connectivity index (χ4n) is 3.04. The molecule has 1 fully saturated rings. The van der Waals surface area contributed by atoms with E-state index in [9.17, 15) is 4.79 Å². The molecule has 3 aromatic rings. The summed E-state index contributed by atoms with van der Waals surface area (Å²) in [7, 11) is 0. The molecular weight excluding hydrogens is 366 g/mol. The van der Waals surface area contributed by atoms with E-state index in [2.05, 4.69) is 10.3 Å². The van der Waals surface area contributed by atoms with Crippen LogP contribution in [0.3, 0.4) is 0 Å². The Hall–Kier alpha value is -2.83. The second-order valence-corrected chi connectivity index (χ2v) is 6.22. The zero-order valence-corrected chi connectivity index (χ0v) is 15.4. The van der Waals surface area contributed by atoms with E-state index in [0.29, 0.717) is 17.4 Å². The van der Waals surface area contributed by atoms with Crippen molar-refractivity contribution in [2.45, 2.75) is 12.3 Å². The zero-order chi connectivity index (χ0) is 17.9. The standard InChI is InChI=1S/C20H19N3O3.ClH/c21-19(24)17-18(26-20(23-17)14-10-11-22-12-14)13-6-8-16(9-7-13)25-15-4-2-1-3-5-15;/h1-9,14,22H,10-12H2,(H2,21,24);1H. The number of rotatable bonds is 5. The fraction of sp³-hybridized carbons (Fsp3) is 0.200. The maximum atomic E-state index is 11.8. The highest BCUT2D eigenvalue weighted by Crippen LogP contribution is 2.32. The van der Waals surface area contributed by atoms with Gasteiger partial charge in [-0.3, -0.25) is 4.79 Å². The molecule has 1 saturated heterocycles. The van der Waals surface area contributed by atoms with Crippen molar-refractivity contribution in [3.63, 3.8) is 0 Å². The van der Waals surface area contributed by atoms with E-state index < -0.39 is 5.91 Å². The normalized spacial score (nSPS) is 15.9. The van der Waals surface area contributed by atoms with Crippen molar-refractivity contribution in [3.05, 3.63) is 66.2 Å². The van der Waals surface area contributed by atoms with Crippen LogP contribution in [0.4, 0.5) is 0 Å². The van der Waals surface area contributed by atoms with Crippen LogP contribution in [-0.2, 0) is 0 Å². The maximum absolute atomic E-state index is 11.8. The molecule has 1 aromatic heterocycles. The summed E-state index contributed by atoms with van der Waals surface area (Å²) in [6.07, 6.45) is 0.933. The zero-order valence-electron chi connectivity index (χ0n) is 14.6. The number of carbonyl (C=O) groups is 1. The molecule has 2 aromatic carbocycles. The number of nitrogens with zero attached hydrogens (tertiary/aromatic N) is 1. The molecule has 140 valence electrons. The van der Waals surface area contributed by atoms with Gasteiger partial charge in [-0.25, -0.2) is 4.98 Å². The van der Waals surface area contributed by atoms with Gasteiger partial charge in [0.1, 0.15) is 11.5 Å². The Morgan fingerprint density at radius 2 is 1.81 bits per heavy atom. The molecule has 0 aliphatic carbocycles. The van der Waals surface area contributed by atoms with Crippen molar-refractivity contribution in [2.75, 3.05) is 13.1 Å². The number of hydrogen-bond acceptors (Lipinski definition) is 5. The third-order valence-corrected chi connectivity index (χ3v) is 4.38. The minimum Gasteiger partial charge on any atom is -0.457 e. The molecule has 0 radical (unpaired) electrons. The molecule has 1 unspecified atom stereocenters. The van der Waals surface area contributed by atoms with Gasteiger partial charge in [-0.2, -0.15) is 0 Å². The third kappa shape index (κ3) is 4.13. The van der Waals surface area contributed by atoms with E-state index in [4.69, 9.17) is 14.9 Å². The molecular formula is C20H20ClN3O3. The van der Waals surface area contributed by atoms with Gasteiger partial charge in [0, 0.05) is 18.0 Å². The van der Waals surface area contributed by atoms with Gasteiger partial charge in [-0.15, -0.1) is 12.4 Å². The SMILES string of the molecule is Cl.NC(=O)c1nc(C2CCNC2)oc1-c1ccc(Oc2ccccc2)cc1. The first-order chi connectivity index (χ1) is 12.7. The number of benzene rings is 2. The van der Waals surface area contributed by atoms with Crippen LogP contribution < -0.4 is 15.8 Å². The van der Waals surface area contributed by atoms with Gasteiger partial charge < -0.3 is 20.2 Å². The Bertz CT molecular complexity index is 904. The smallest absolute Gasteiger partial charge is 0.271 e. The quantitative estimate of drug-likeness (QED) is 0.698. The first kappa shape index (κ1) is 18.9. The van der Waals surface area contributed by atoms with Gasteiger partial charge in [0.15, 0.2) is 17.3 Å². The van der Waals surface area contributed by atoms with Crippen LogP contribution in [0.1, 0.15) is 28.7 Å². The molecule has 3 N–H and O–H groups in total. The highest BCUT2D eigenvalue weighted by atomic mass is 35.5. The Morgan fingerprint density at radius 3 is 2.44 bits per heavy atom.